The molecule has 3 heteroatoms. The van der Waals surface area contributed by atoms with Gasteiger partial charge in [-0.25, -0.2) is 4.99 Å². The summed E-state index contributed by atoms with van der Waals surface area (Å²) in [5, 5.41) is 2.97. The molecular formula is C20H24N2O. The molecular weight excluding hydrogens is 284 g/mol. The Kier molecular flexibility index (Phi) is 4.99. The zero-order valence-corrected chi connectivity index (χ0v) is 14.5. The van der Waals surface area contributed by atoms with Crippen LogP contribution in [-0.2, 0) is 0 Å². The summed E-state index contributed by atoms with van der Waals surface area (Å²) in [4.78, 5) is 17.1. The number of carbonyl (C=O) groups excluding carboxylic acids is 1. The van der Waals surface area contributed by atoms with Crippen molar-refractivity contribution in [3.63, 3.8) is 0 Å². The van der Waals surface area contributed by atoms with Crippen molar-refractivity contribution in [1.82, 2.24) is 5.32 Å². The predicted molar refractivity (Wildman–Crippen MR) is 96.4 cm³/mol. The van der Waals surface area contributed by atoms with Crippen LogP contribution in [0.5, 0.6) is 0 Å². The van der Waals surface area contributed by atoms with Crippen molar-refractivity contribution in [3.8, 4) is 0 Å². The average molecular weight is 308 g/mol. The summed E-state index contributed by atoms with van der Waals surface area (Å²) in [7, 11) is 0. The van der Waals surface area contributed by atoms with E-state index in [9.17, 15) is 4.79 Å². The summed E-state index contributed by atoms with van der Waals surface area (Å²) in [5.41, 5.74) is 3.53. The molecule has 0 aliphatic rings. The normalized spacial score (nSPS) is 12.1. The molecule has 0 spiro atoms. The van der Waals surface area contributed by atoms with Crippen LogP contribution in [0.1, 0.15) is 42.3 Å². The Bertz CT molecular complexity index is 705. The van der Waals surface area contributed by atoms with Gasteiger partial charge in [-0.05, 0) is 38.1 Å². The molecule has 0 aromatic heterocycles. The lowest BCUT2D eigenvalue weighted by atomic mass is 9.94. The molecule has 0 saturated carbocycles. The van der Waals surface area contributed by atoms with E-state index in [1.807, 2.05) is 83.1 Å². The van der Waals surface area contributed by atoms with E-state index in [4.69, 9.17) is 0 Å². The third kappa shape index (κ3) is 4.78. The molecule has 0 radical (unpaired) electrons. The summed E-state index contributed by atoms with van der Waals surface area (Å²) in [6.07, 6.45) is 0. The van der Waals surface area contributed by atoms with Crippen LogP contribution in [0.25, 0.3) is 0 Å². The van der Waals surface area contributed by atoms with E-state index < -0.39 is 0 Å². The fourth-order valence-corrected chi connectivity index (χ4v) is 2.02. The maximum absolute atomic E-state index is 12.5. The lowest BCUT2D eigenvalue weighted by Gasteiger charge is -2.22. The molecule has 0 unspecified atom stereocenters. The van der Waals surface area contributed by atoms with Crippen LogP contribution in [-0.4, -0.2) is 11.7 Å². The maximum Gasteiger partial charge on any atom is 0.256 e. The standard InChI is InChI=1S/C20H24N2O/c1-14-6-10-16(11-7-14)18(23)22-19(20(3,4)5)21-17-12-8-15(2)9-13-17/h6-13H,1-5H3,(H,21,22,23). The van der Waals surface area contributed by atoms with Gasteiger partial charge in [0.2, 0.25) is 0 Å². The minimum absolute atomic E-state index is 0.134. The van der Waals surface area contributed by atoms with Gasteiger partial charge in [-0.3, -0.25) is 4.79 Å². The highest BCUT2D eigenvalue weighted by Crippen LogP contribution is 2.20. The maximum atomic E-state index is 12.5. The van der Waals surface area contributed by atoms with Gasteiger partial charge < -0.3 is 5.32 Å². The second kappa shape index (κ2) is 6.78. The van der Waals surface area contributed by atoms with Crippen LogP contribution in [0.2, 0.25) is 0 Å². The van der Waals surface area contributed by atoms with E-state index in [-0.39, 0.29) is 11.3 Å². The van der Waals surface area contributed by atoms with Crippen LogP contribution >= 0.6 is 0 Å². The lowest BCUT2D eigenvalue weighted by molar-refractivity contribution is 0.0974. The zero-order valence-electron chi connectivity index (χ0n) is 14.5. The number of hydrogen-bond acceptors (Lipinski definition) is 2. The van der Waals surface area contributed by atoms with Crippen LogP contribution in [0, 0.1) is 19.3 Å². The third-order valence-corrected chi connectivity index (χ3v) is 3.53. The second-order valence-corrected chi connectivity index (χ2v) is 6.87. The highest BCUT2D eigenvalue weighted by molar-refractivity contribution is 6.08. The van der Waals surface area contributed by atoms with Gasteiger partial charge in [0.05, 0.1) is 5.69 Å². The van der Waals surface area contributed by atoms with Crippen molar-refractivity contribution in [3.05, 3.63) is 65.2 Å². The zero-order chi connectivity index (χ0) is 17.0. The Morgan fingerprint density at radius 2 is 1.35 bits per heavy atom. The van der Waals surface area contributed by atoms with Gasteiger partial charge in [-0.2, -0.15) is 0 Å². The van der Waals surface area contributed by atoms with E-state index in [2.05, 4.69) is 10.3 Å². The van der Waals surface area contributed by atoms with Gasteiger partial charge in [0.1, 0.15) is 5.84 Å². The molecule has 23 heavy (non-hydrogen) atoms. The van der Waals surface area contributed by atoms with Gasteiger partial charge in [0, 0.05) is 11.0 Å². The van der Waals surface area contributed by atoms with Crippen molar-refractivity contribution in [2.75, 3.05) is 0 Å². The number of hydrogen-bond donors (Lipinski definition) is 1. The Hall–Kier alpha value is -2.42. The number of aryl methyl sites for hydroxylation is 2. The number of nitrogens with one attached hydrogen (secondary N) is 1. The largest absolute Gasteiger partial charge is 0.310 e. The molecule has 120 valence electrons. The lowest BCUT2D eigenvalue weighted by Crippen LogP contribution is -2.39. The summed E-state index contributed by atoms with van der Waals surface area (Å²) < 4.78 is 0. The monoisotopic (exact) mass is 308 g/mol. The molecule has 0 atom stereocenters. The highest BCUT2D eigenvalue weighted by Gasteiger charge is 2.22. The van der Waals surface area contributed by atoms with Crippen molar-refractivity contribution >= 4 is 17.4 Å². The highest BCUT2D eigenvalue weighted by atomic mass is 16.1. The number of nitrogens with zero attached hydrogens (tertiary/aromatic N) is 1. The fraction of sp³-hybridized carbons (Fsp3) is 0.300. The van der Waals surface area contributed by atoms with Crippen LogP contribution in [0.4, 0.5) is 5.69 Å². The smallest absolute Gasteiger partial charge is 0.256 e. The first kappa shape index (κ1) is 16.9. The average Bonchev–Trinajstić information content (AvgIpc) is 2.48. The summed E-state index contributed by atoms with van der Waals surface area (Å²) in [6, 6.07) is 15.5. The van der Waals surface area contributed by atoms with Crippen LogP contribution < -0.4 is 5.32 Å². The van der Waals surface area contributed by atoms with Gasteiger partial charge in [-0.15, -0.1) is 0 Å². The second-order valence-electron chi connectivity index (χ2n) is 6.87. The molecule has 0 heterocycles. The van der Waals surface area contributed by atoms with E-state index in [1.54, 1.807) is 0 Å². The molecule has 1 amide bonds. The first-order valence-corrected chi connectivity index (χ1v) is 7.79. The number of rotatable bonds is 2. The van der Waals surface area contributed by atoms with Crippen molar-refractivity contribution < 1.29 is 4.79 Å². The Balaban J connectivity index is 2.27. The van der Waals surface area contributed by atoms with Crippen molar-refractivity contribution in [2.45, 2.75) is 34.6 Å². The van der Waals surface area contributed by atoms with Gasteiger partial charge in [-0.1, -0.05) is 56.2 Å². The van der Waals surface area contributed by atoms with Gasteiger partial charge >= 0.3 is 0 Å². The van der Waals surface area contributed by atoms with E-state index >= 15 is 0 Å². The summed E-state index contributed by atoms with van der Waals surface area (Å²) >= 11 is 0. The minimum Gasteiger partial charge on any atom is -0.310 e. The molecule has 0 aliphatic heterocycles. The predicted octanol–water partition coefficient (Wildman–Crippen LogP) is 4.81. The number of amidine groups is 1. The van der Waals surface area contributed by atoms with E-state index in [1.165, 1.54) is 5.56 Å². The number of benzene rings is 2. The summed E-state index contributed by atoms with van der Waals surface area (Å²) in [6.45, 7) is 10.2. The van der Waals surface area contributed by atoms with E-state index in [0.29, 0.717) is 11.4 Å². The molecule has 0 fully saturated rings. The summed E-state index contributed by atoms with van der Waals surface area (Å²) in [5.74, 6) is 0.526. The third-order valence-electron chi connectivity index (χ3n) is 3.53. The first-order chi connectivity index (χ1) is 10.8. The number of amides is 1. The number of carbonyl (C=O) groups is 1. The fourth-order valence-electron chi connectivity index (χ4n) is 2.02. The molecule has 2 rings (SSSR count). The first-order valence-electron chi connectivity index (χ1n) is 7.79. The van der Waals surface area contributed by atoms with Gasteiger partial charge in [0.25, 0.3) is 5.91 Å². The van der Waals surface area contributed by atoms with Crippen molar-refractivity contribution in [2.24, 2.45) is 10.4 Å². The van der Waals surface area contributed by atoms with Gasteiger partial charge in [0.15, 0.2) is 0 Å². The molecule has 3 nitrogen and oxygen atoms in total. The SMILES string of the molecule is Cc1ccc(N=C(NC(=O)c2ccc(C)cc2)C(C)(C)C)cc1. The molecule has 0 aliphatic carbocycles. The molecule has 0 saturated heterocycles. The minimum atomic E-state index is -0.259. The van der Waals surface area contributed by atoms with Crippen LogP contribution in [0.3, 0.4) is 0 Å². The van der Waals surface area contributed by atoms with Crippen molar-refractivity contribution in [1.29, 1.82) is 0 Å². The van der Waals surface area contributed by atoms with E-state index in [0.717, 1.165) is 11.3 Å². The Morgan fingerprint density at radius 3 is 1.83 bits per heavy atom. The number of aliphatic imine (C=N–C) groups is 1. The Labute approximate surface area is 138 Å². The molecule has 2 aromatic carbocycles. The Morgan fingerprint density at radius 1 is 0.870 bits per heavy atom. The van der Waals surface area contributed by atoms with Crippen LogP contribution in [0.15, 0.2) is 53.5 Å². The quantitative estimate of drug-likeness (QED) is 0.628. The molecule has 1 N–H and O–H groups in total. The topological polar surface area (TPSA) is 41.5 Å². The molecule has 2 aromatic rings. The molecule has 0 bridgehead atoms.